The maximum Gasteiger partial charge on any atom is 0.236 e. The summed E-state index contributed by atoms with van der Waals surface area (Å²) in [6.07, 6.45) is 0. The van der Waals surface area contributed by atoms with Crippen molar-refractivity contribution in [3.8, 4) is 0 Å². The van der Waals surface area contributed by atoms with Crippen LogP contribution in [0.15, 0.2) is 0 Å². The second-order valence-corrected chi connectivity index (χ2v) is 2.46. The zero-order valence-corrected chi connectivity index (χ0v) is 6.29. The van der Waals surface area contributed by atoms with E-state index in [-0.39, 0.29) is 12.6 Å². The molecular formula is C6H14N2O2. The van der Waals surface area contributed by atoms with Crippen LogP contribution in [0.3, 0.4) is 0 Å². The Hall–Kier alpha value is -0.610. The van der Waals surface area contributed by atoms with Crippen molar-refractivity contribution in [1.82, 2.24) is 5.32 Å². The maximum atomic E-state index is 10.5. The molecule has 4 nitrogen and oxygen atoms in total. The van der Waals surface area contributed by atoms with Gasteiger partial charge in [0.05, 0.1) is 6.61 Å². The zero-order chi connectivity index (χ0) is 8.15. The lowest BCUT2D eigenvalue weighted by Crippen LogP contribution is -2.46. The number of aliphatic hydroxyl groups is 1. The number of hydrogen-bond acceptors (Lipinski definition) is 3. The molecule has 0 rings (SSSR count). The smallest absolute Gasteiger partial charge is 0.236 e. The van der Waals surface area contributed by atoms with E-state index in [2.05, 4.69) is 5.32 Å². The second kappa shape index (κ2) is 4.24. The molecule has 0 heterocycles. The number of aliphatic hydroxyl groups excluding tert-OH is 1. The lowest BCUT2D eigenvalue weighted by atomic mass is 10.2. The molecule has 60 valence electrons. The van der Waals surface area contributed by atoms with Gasteiger partial charge >= 0.3 is 0 Å². The Bertz CT molecular complexity index is 114. The number of amides is 1. The van der Waals surface area contributed by atoms with Crippen molar-refractivity contribution < 1.29 is 9.90 Å². The van der Waals surface area contributed by atoms with Crippen molar-refractivity contribution in [3.63, 3.8) is 0 Å². The predicted molar refractivity (Wildman–Crippen MR) is 38.3 cm³/mol. The van der Waals surface area contributed by atoms with E-state index in [4.69, 9.17) is 10.8 Å². The highest BCUT2D eigenvalue weighted by atomic mass is 16.3. The Labute approximate surface area is 60.4 Å². The summed E-state index contributed by atoms with van der Waals surface area (Å²) < 4.78 is 0. The first kappa shape index (κ1) is 9.39. The van der Waals surface area contributed by atoms with Gasteiger partial charge in [-0.3, -0.25) is 4.79 Å². The molecule has 0 unspecified atom stereocenters. The van der Waals surface area contributed by atoms with Crippen LogP contribution >= 0.6 is 0 Å². The molecule has 0 aromatic carbocycles. The average Bonchev–Trinajstić information content (AvgIpc) is 1.81. The highest BCUT2D eigenvalue weighted by Crippen LogP contribution is 1.84. The SMILES string of the molecule is CC(C)N[C@@H](CO)C(N)=O. The van der Waals surface area contributed by atoms with Gasteiger partial charge in [-0.1, -0.05) is 13.8 Å². The quantitative estimate of drug-likeness (QED) is 0.468. The minimum absolute atomic E-state index is 0.157. The van der Waals surface area contributed by atoms with Crippen molar-refractivity contribution in [2.24, 2.45) is 5.73 Å². The molecule has 0 bridgehead atoms. The summed E-state index contributed by atoms with van der Waals surface area (Å²) in [5, 5.41) is 11.4. The number of hydrogen-bond donors (Lipinski definition) is 3. The van der Waals surface area contributed by atoms with Crippen LogP contribution in [0.2, 0.25) is 0 Å². The maximum absolute atomic E-state index is 10.5. The molecule has 0 aromatic heterocycles. The molecule has 0 saturated heterocycles. The van der Waals surface area contributed by atoms with Gasteiger partial charge in [0.15, 0.2) is 0 Å². The summed E-state index contributed by atoms with van der Waals surface area (Å²) in [5.74, 6) is -0.517. The molecular weight excluding hydrogens is 132 g/mol. The van der Waals surface area contributed by atoms with Crippen LogP contribution in [-0.4, -0.2) is 29.7 Å². The highest BCUT2D eigenvalue weighted by Gasteiger charge is 2.13. The van der Waals surface area contributed by atoms with Crippen LogP contribution in [0.1, 0.15) is 13.8 Å². The minimum atomic E-state index is -0.611. The first-order valence-corrected chi connectivity index (χ1v) is 3.24. The molecule has 0 fully saturated rings. The van der Waals surface area contributed by atoms with Gasteiger partial charge < -0.3 is 16.2 Å². The van der Waals surface area contributed by atoms with Gasteiger partial charge in [-0.25, -0.2) is 0 Å². The van der Waals surface area contributed by atoms with E-state index >= 15 is 0 Å². The molecule has 1 atom stereocenters. The first-order valence-electron chi connectivity index (χ1n) is 3.24. The van der Waals surface area contributed by atoms with Gasteiger partial charge in [-0.2, -0.15) is 0 Å². The van der Waals surface area contributed by atoms with Crippen molar-refractivity contribution in [1.29, 1.82) is 0 Å². The van der Waals surface area contributed by atoms with Crippen molar-refractivity contribution >= 4 is 5.91 Å². The van der Waals surface area contributed by atoms with Crippen LogP contribution < -0.4 is 11.1 Å². The van der Waals surface area contributed by atoms with Gasteiger partial charge in [0, 0.05) is 6.04 Å². The van der Waals surface area contributed by atoms with Crippen LogP contribution in [0.25, 0.3) is 0 Å². The fraction of sp³-hybridized carbons (Fsp3) is 0.833. The van der Waals surface area contributed by atoms with E-state index in [1.54, 1.807) is 0 Å². The first-order chi connectivity index (χ1) is 4.57. The number of nitrogens with two attached hydrogens (primary N) is 1. The fourth-order valence-electron chi connectivity index (χ4n) is 0.627. The normalized spacial score (nSPS) is 13.6. The number of carbonyl (C=O) groups is 1. The lowest BCUT2D eigenvalue weighted by Gasteiger charge is -2.14. The van der Waals surface area contributed by atoms with E-state index in [9.17, 15) is 4.79 Å². The summed E-state index contributed by atoms with van der Waals surface area (Å²) in [7, 11) is 0. The molecule has 0 aliphatic carbocycles. The molecule has 4 N–H and O–H groups in total. The molecule has 0 radical (unpaired) electrons. The molecule has 0 aromatic rings. The molecule has 4 heteroatoms. The van der Waals surface area contributed by atoms with E-state index in [1.165, 1.54) is 0 Å². The van der Waals surface area contributed by atoms with E-state index in [0.717, 1.165) is 0 Å². The molecule has 0 spiro atoms. The van der Waals surface area contributed by atoms with Gasteiger partial charge in [0.2, 0.25) is 5.91 Å². The van der Waals surface area contributed by atoms with E-state index in [0.29, 0.717) is 0 Å². The number of carbonyl (C=O) groups excluding carboxylic acids is 1. The highest BCUT2D eigenvalue weighted by molar-refractivity contribution is 5.79. The molecule has 10 heavy (non-hydrogen) atoms. The lowest BCUT2D eigenvalue weighted by molar-refractivity contribution is -0.121. The number of rotatable bonds is 4. The van der Waals surface area contributed by atoms with Gasteiger partial charge in [0.1, 0.15) is 6.04 Å². The van der Waals surface area contributed by atoms with Crippen molar-refractivity contribution in [3.05, 3.63) is 0 Å². The Morgan fingerprint density at radius 1 is 1.70 bits per heavy atom. The van der Waals surface area contributed by atoms with E-state index < -0.39 is 11.9 Å². The topological polar surface area (TPSA) is 75.3 Å². The van der Waals surface area contributed by atoms with E-state index in [1.807, 2.05) is 13.8 Å². The van der Waals surface area contributed by atoms with Crippen LogP contribution in [-0.2, 0) is 4.79 Å². The average molecular weight is 146 g/mol. The number of nitrogens with one attached hydrogen (secondary N) is 1. The molecule has 0 aliphatic rings. The Kier molecular flexibility index (Phi) is 3.99. The predicted octanol–water partition coefficient (Wildman–Crippen LogP) is -1.17. The third kappa shape index (κ3) is 3.42. The summed E-state index contributed by atoms with van der Waals surface area (Å²) in [5.41, 5.74) is 4.93. The third-order valence-electron chi connectivity index (χ3n) is 1.06. The Balaban J connectivity index is 3.72. The number of primary amides is 1. The molecule has 1 amide bonds. The van der Waals surface area contributed by atoms with Gasteiger partial charge in [-0.05, 0) is 0 Å². The Morgan fingerprint density at radius 3 is 2.30 bits per heavy atom. The fourth-order valence-corrected chi connectivity index (χ4v) is 0.627. The summed E-state index contributed by atoms with van der Waals surface area (Å²) >= 11 is 0. The molecule has 0 saturated carbocycles. The standard InChI is InChI=1S/C6H14N2O2/c1-4(2)8-5(3-9)6(7)10/h4-5,8-9H,3H2,1-2H3,(H2,7,10)/t5-/m0/s1. The Morgan fingerprint density at radius 2 is 2.20 bits per heavy atom. The van der Waals surface area contributed by atoms with Crippen molar-refractivity contribution in [2.45, 2.75) is 25.9 Å². The van der Waals surface area contributed by atoms with Gasteiger partial charge in [0.25, 0.3) is 0 Å². The zero-order valence-electron chi connectivity index (χ0n) is 6.29. The van der Waals surface area contributed by atoms with Crippen LogP contribution in [0.5, 0.6) is 0 Å². The summed E-state index contributed by atoms with van der Waals surface area (Å²) in [6.45, 7) is 3.52. The van der Waals surface area contributed by atoms with Crippen LogP contribution in [0.4, 0.5) is 0 Å². The second-order valence-electron chi connectivity index (χ2n) is 2.46. The monoisotopic (exact) mass is 146 g/mol. The molecule has 0 aliphatic heterocycles. The summed E-state index contributed by atoms with van der Waals surface area (Å²) in [4.78, 5) is 10.5. The van der Waals surface area contributed by atoms with Crippen LogP contribution in [0, 0.1) is 0 Å². The largest absolute Gasteiger partial charge is 0.394 e. The van der Waals surface area contributed by atoms with Gasteiger partial charge in [-0.15, -0.1) is 0 Å². The summed E-state index contributed by atoms with van der Waals surface area (Å²) in [6, 6.07) is -0.454. The minimum Gasteiger partial charge on any atom is -0.394 e. The third-order valence-corrected chi connectivity index (χ3v) is 1.06. The van der Waals surface area contributed by atoms with Crippen molar-refractivity contribution in [2.75, 3.05) is 6.61 Å².